The van der Waals surface area contributed by atoms with E-state index in [1.807, 2.05) is 13.8 Å². The summed E-state index contributed by atoms with van der Waals surface area (Å²) >= 11 is 0. The summed E-state index contributed by atoms with van der Waals surface area (Å²) in [4.78, 5) is 4.48. The number of aromatic nitrogens is 2. The largest absolute Gasteiger partial charge is 0.508 e. The van der Waals surface area contributed by atoms with Gasteiger partial charge in [0.1, 0.15) is 11.4 Å². The highest BCUT2D eigenvalue weighted by Gasteiger charge is 2.35. The van der Waals surface area contributed by atoms with Gasteiger partial charge in [0.15, 0.2) is 0 Å². The van der Waals surface area contributed by atoms with Crippen molar-refractivity contribution in [1.29, 1.82) is 0 Å². The average Bonchev–Trinajstić information content (AvgIpc) is 2.90. The summed E-state index contributed by atoms with van der Waals surface area (Å²) in [6, 6.07) is 5.08. The molecule has 5 nitrogen and oxygen atoms in total. The molecule has 1 saturated heterocycles. The molecule has 1 N–H and O–H groups in total. The van der Waals surface area contributed by atoms with Crippen LogP contribution in [0.2, 0.25) is 0 Å². The van der Waals surface area contributed by atoms with E-state index in [-0.39, 0.29) is 5.75 Å². The third-order valence-electron chi connectivity index (χ3n) is 3.81. The zero-order valence-electron chi connectivity index (χ0n) is 11.7. The summed E-state index contributed by atoms with van der Waals surface area (Å²) < 4.78 is 11.2. The highest BCUT2D eigenvalue weighted by Crippen LogP contribution is 2.34. The molecule has 1 aliphatic rings. The van der Waals surface area contributed by atoms with Gasteiger partial charge >= 0.3 is 0 Å². The van der Waals surface area contributed by atoms with Gasteiger partial charge in [0, 0.05) is 12.2 Å². The molecule has 20 heavy (non-hydrogen) atoms. The SMILES string of the molecule is Cc1cc(O)ccc1-c1nc(C2(C)CCCCO2)no1. The number of phenols is 1. The Labute approximate surface area is 117 Å². The van der Waals surface area contributed by atoms with E-state index in [0.29, 0.717) is 11.7 Å². The summed E-state index contributed by atoms with van der Waals surface area (Å²) in [6.07, 6.45) is 3.09. The van der Waals surface area contributed by atoms with Crippen LogP contribution in [0.3, 0.4) is 0 Å². The molecule has 106 valence electrons. The van der Waals surface area contributed by atoms with E-state index >= 15 is 0 Å². The lowest BCUT2D eigenvalue weighted by Crippen LogP contribution is -2.31. The molecule has 3 rings (SSSR count). The Balaban J connectivity index is 1.93. The van der Waals surface area contributed by atoms with Crippen LogP contribution in [0.4, 0.5) is 0 Å². The fourth-order valence-corrected chi connectivity index (χ4v) is 2.55. The van der Waals surface area contributed by atoms with Gasteiger partial charge in [-0.3, -0.25) is 0 Å². The topological polar surface area (TPSA) is 68.4 Å². The molecule has 1 aromatic carbocycles. The van der Waals surface area contributed by atoms with Gasteiger partial charge in [-0.15, -0.1) is 0 Å². The van der Waals surface area contributed by atoms with Gasteiger partial charge in [-0.2, -0.15) is 4.98 Å². The van der Waals surface area contributed by atoms with E-state index in [4.69, 9.17) is 9.26 Å². The lowest BCUT2D eigenvalue weighted by Gasteiger charge is -2.30. The summed E-state index contributed by atoms with van der Waals surface area (Å²) in [5.41, 5.74) is 1.28. The van der Waals surface area contributed by atoms with Gasteiger partial charge in [-0.1, -0.05) is 5.16 Å². The Bertz CT molecular complexity index is 615. The molecule has 1 aromatic heterocycles. The van der Waals surface area contributed by atoms with Crippen molar-refractivity contribution in [3.05, 3.63) is 29.6 Å². The average molecular weight is 274 g/mol. The van der Waals surface area contributed by atoms with Crippen molar-refractivity contribution < 1.29 is 14.4 Å². The van der Waals surface area contributed by atoms with Crippen LogP contribution in [0.15, 0.2) is 22.7 Å². The molecular weight excluding hydrogens is 256 g/mol. The zero-order valence-corrected chi connectivity index (χ0v) is 11.7. The van der Waals surface area contributed by atoms with Gasteiger partial charge in [-0.25, -0.2) is 0 Å². The molecule has 0 amide bonds. The quantitative estimate of drug-likeness (QED) is 0.911. The third-order valence-corrected chi connectivity index (χ3v) is 3.81. The predicted octanol–water partition coefficient (Wildman–Crippen LogP) is 3.17. The van der Waals surface area contributed by atoms with Crippen molar-refractivity contribution in [3.63, 3.8) is 0 Å². The molecule has 0 aliphatic carbocycles. The molecule has 1 unspecified atom stereocenters. The zero-order chi connectivity index (χ0) is 14.2. The number of benzene rings is 1. The van der Waals surface area contributed by atoms with Crippen molar-refractivity contribution in [2.75, 3.05) is 6.61 Å². The number of hydrogen-bond acceptors (Lipinski definition) is 5. The summed E-state index contributed by atoms with van der Waals surface area (Å²) in [7, 11) is 0. The Hall–Kier alpha value is -1.88. The molecule has 0 radical (unpaired) electrons. The fourth-order valence-electron chi connectivity index (χ4n) is 2.55. The second kappa shape index (κ2) is 4.90. The molecule has 0 bridgehead atoms. The molecular formula is C15H18N2O3. The molecule has 1 aliphatic heterocycles. The number of nitrogens with zero attached hydrogens (tertiary/aromatic N) is 2. The smallest absolute Gasteiger partial charge is 0.258 e. The summed E-state index contributed by atoms with van der Waals surface area (Å²) in [5, 5.41) is 13.5. The maximum absolute atomic E-state index is 9.45. The minimum atomic E-state index is -0.454. The molecule has 2 aromatic rings. The van der Waals surface area contributed by atoms with E-state index in [1.165, 1.54) is 0 Å². The van der Waals surface area contributed by atoms with Gasteiger partial charge in [0.2, 0.25) is 5.82 Å². The predicted molar refractivity (Wildman–Crippen MR) is 73.3 cm³/mol. The molecule has 0 saturated carbocycles. The fraction of sp³-hybridized carbons (Fsp3) is 0.467. The van der Waals surface area contributed by atoms with Crippen LogP contribution in [0.25, 0.3) is 11.5 Å². The Morgan fingerprint density at radius 3 is 2.85 bits per heavy atom. The first kappa shape index (κ1) is 13.1. The van der Waals surface area contributed by atoms with Gasteiger partial charge < -0.3 is 14.4 Å². The minimum Gasteiger partial charge on any atom is -0.508 e. The number of phenolic OH excluding ortho intramolecular Hbond substituents is 1. The van der Waals surface area contributed by atoms with Crippen molar-refractivity contribution in [1.82, 2.24) is 10.1 Å². The van der Waals surface area contributed by atoms with E-state index in [0.717, 1.165) is 37.0 Å². The van der Waals surface area contributed by atoms with E-state index in [9.17, 15) is 5.11 Å². The van der Waals surface area contributed by atoms with Crippen molar-refractivity contribution >= 4 is 0 Å². The van der Waals surface area contributed by atoms with Gasteiger partial charge in [0.05, 0.1) is 0 Å². The summed E-state index contributed by atoms with van der Waals surface area (Å²) in [5.74, 6) is 1.29. The minimum absolute atomic E-state index is 0.230. The second-order valence-electron chi connectivity index (χ2n) is 5.46. The standard InChI is InChI=1S/C15H18N2O3/c1-10-9-11(18)5-6-12(10)13-16-14(17-20-13)15(2)7-3-4-8-19-15/h5-6,9,18H,3-4,7-8H2,1-2H3. The molecule has 2 heterocycles. The number of aryl methyl sites for hydroxylation is 1. The maximum atomic E-state index is 9.45. The Morgan fingerprint density at radius 2 is 2.15 bits per heavy atom. The van der Waals surface area contributed by atoms with Crippen LogP contribution in [-0.4, -0.2) is 21.9 Å². The molecule has 0 spiro atoms. The van der Waals surface area contributed by atoms with E-state index in [1.54, 1.807) is 18.2 Å². The Morgan fingerprint density at radius 1 is 1.30 bits per heavy atom. The maximum Gasteiger partial charge on any atom is 0.258 e. The Kier molecular flexibility index (Phi) is 3.22. The first-order chi connectivity index (χ1) is 9.58. The number of ether oxygens (including phenoxy) is 1. The first-order valence-electron chi connectivity index (χ1n) is 6.87. The van der Waals surface area contributed by atoms with Crippen LogP contribution in [0, 0.1) is 6.92 Å². The van der Waals surface area contributed by atoms with Crippen molar-refractivity contribution in [2.45, 2.75) is 38.7 Å². The molecule has 1 atom stereocenters. The highest BCUT2D eigenvalue weighted by molar-refractivity contribution is 5.59. The van der Waals surface area contributed by atoms with Gasteiger partial charge in [0.25, 0.3) is 5.89 Å². The van der Waals surface area contributed by atoms with Crippen LogP contribution in [0.1, 0.15) is 37.6 Å². The monoisotopic (exact) mass is 274 g/mol. The third kappa shape index (κ3) is 2.29. The molecule has 1 fully saturated rings. The lowest BCUT2D eigenvalue weighted by atomic mass is 9.95. The van der Waals surface area contributed by atoms with Gasteiger partial charge in [-0.05, 0) is 56.9 Å². The first-order valence-corrected chi connectivity index (χ1v) is 6.87. The number of aromatic hydroxyl groups is 1. The lowest BCUT2D eigenvalue weighted by molar-refractivity contribution is -0.0770. The van der Waals surface area contributed by atoms with E-state index < -0.39 is 5.60 Å². The van der Waals surface area contributed by atoms with E-state index in [2.05, 4.69) is 10.1 Å². The van der Waals surface area contributed by atoms with Crippen LogP contribution in [-0.2, 0) is 10.3 Å². The second-order valence-corrected chi connectivity index (χ2v) is 5.46. The number of hydrogen-bond donors (Lipinski definition) is 1. The highest BCUT2D eigenvalue weighted by atomic mass is 16.5. The normalized spacial score (nSPS) is 22.9. The van der Waals surface area contributed by atoms with Crippen molar-refractivity contribution in [3.8, 4) is 17.2 Å². The summed E-state index contributed by atoms with van der Waals surface area (Å²) in [6.45, 7) is 4.64. The van der Waals surface area contributed by atoms with Crippen LogP contribution < -0.4 is 0 Å². The van der Waals surface area contributed by atoms with Crippen LogP contribution in [0.5, 0.6) is 5.75 Å². The number of rotatable bonds is 2. The van der Waals surface area contributed by atoms with Crippen molar-refractivity contribution in [2.24, 2.45) is 0 Å². The molecule has 5 heteroatoms. The van der Waals surface area contributed by atoms with Crippen LogP contribution >= 0.6 is 0 Å².